The summed E-state index contributed by atoms with van der Waals surface area (Å²) in [5, 5.41) is 0.642. The van der Waals surface area contributed by atoms with Crippen LogP contribution in [0.1, 0.15) is 17.2 Å². The van der Waals surface area contributed by atoms with E-state index in [0.717, 1.165) is 11.1 Å². The van der Waals surface area contributed by atoms with Crippen molar-refractivity contribution in [3.8, 4) is 5.75 Å². The van der Waals surface area contributed by atoms with Gasteiger partial charge in [-0.05, 0) is 41.8 Å². The second-order valence-corrected chi connectivity index (χ2v) is 4.88. The lowest BCUT2D eigenvalue weighted by molar-refractivity contribution is 0.386. The molecule has 0 bridgehead atoms. The van der Waals surface area contributed by atoms with Crippen molar-refractivity contribution in [2.75, 3.05) is 7.11 Å². The van der Waals surface area contributed by atoms with E-state index < -0.39 is 0 Å². The van der Waals surface area contributed by atoms with Gasteiger partial charge in [-0.15, -0.1) is 0 Å². The molecule has 0 heterocycles. The molecule has 0 saturated carbocycles. The monoisotopic (exact) mass is 294 g/mol. The van der Waals surface area contributed by atoms with Gasteiger partial charge >= 0.3 is 0 Å². The maximum Gasteiger partial charge on any atom is 0.165 e. The van der Waals surface area contributed by atoms with Crippen LogP contribution in [0.15, 0.2) is 42.5 Å². The van der Waals surface area contributed by atoms with Crippen LogP contribution in [-0.2, 0) is 6.42 Å². The van der Waals surface area contributed by atoms with Crippen LogP contribution in [-0.4, -0.2) is 7.11 Å². The number of halogens is 2. The van der Waals surface area contributed by atoms with Gasteiger partial charge in [-0.1, -0.05) is 29.8 Å². The molecular weight excluding hydrogens is 279 g/mol. The van der Waals surface area contributed by atoms with Gasteiger partial charge in [-0.25, -0.2) is 4.39 Å². The first-order valence-corrected chi connectivity index (χ1v) is 6.56. The molecule has 20 heavy (non-hydrogen) atoms. The Morgan fingerprint density at radius 2 is 2.10 bits per heavy atom. The van der Waals surface area contributed by atoms with E-state index >= 15 is 0 Å². The second-order valence-electron chi connectivity index (χ2n) is 4.45. The number of hydrazine groups is 1. The van der Waals surface area contributed by atoms with Crippen LogP contribution in [0, 0.1) is 5.82 Å². The predicted octanol–water partition coefficient (Wildman–Crippen LogP) is 3.23. The molecule has 0 fully saturated rings. The van der Waals surface area contributed by atoms with E-state index in [4.69, 9.17) is 22.2 Å². The van der Waals surface area contributed by atoms with Crippen LogP contribution in [0.4, 0.5) is 4.39 Å². The maximum atomic E-state index is 13.7. The summed E-state index contributed by atoms with van der Waals surface area (Å²) in [5.41, 5.74) is 4.51. The summed E-state index contributed by atoms with van der Waals surface area (Å²) in [6.45, 7) is 0. The van der Waals surface area contributed by atoms with Crippen LogP contribution in [0.3, 0.4) is 0 Å². The van der Waals surface area contributed by atoms with E-state index in [1.807, 2.05) is 24.3 Å². The van der Waals surface area contributed by atoms with E-state index in [2.05, 4.69) is 5.43 Å². The number of benzene rings is 2. The van der Waals surface area contributed by atoms with Crippen molar-refractivity contribution < 1.29 is 9.13 Å². The molecule has 0 radical (unpaired) electrons. The standard InChI is InChI=1S/C15H16ClFN2O/c1-20-15-6-5-10(7-13(15)17)8-14(19-18)11-3-2-4-12(16)9-11/h2-7,9,14,19H,8,18H2,1H3. The Balaban J connectivity index is 2.20. The molecule has 3 nitrogen and oxygen atoms in total. The lowest BCUT2D eigenvalue weighted by atomic mass is 9.99. The fourth-order valence-corrected chi connectivity index (χ4v) is 2.27. The molecule has 2 aromatic carbocycles. The minimum Gasteiger partial charge on any atom is -0.494 e. The fraction of sp³-hybridized carbons (Fsp3) is 0.200. The van der Waals surface area contributed by atoms with Crippen molar-refractivity contribution in [2.24, 2.45) is 5.84 Å². The molecule has 2 rings (SSSR count). The number of ether oxygens (including phenoxy) is 1. The third-order valence-electron chi connectivity index (χ3n) is 3.11. The van der Waals surface area contributed by atoms with E-state index in [9.17, 15) is 4.39 Å². The van der Waals surface area contributed by atoms with Gasteiger partial charge in [0.2, 0.25) is 0 Å². The zero-order valence-electron chi connectivity index (χ0n) is 11.1. The summed E-state index contributed by atoms with van der Waals surface area (Å²) in [6, 6.07) is 12.2. The Hall–Kier alpha value is -1.62. The molecule has 0 aliphatic rings. The lowest BCUT2D eigenvalue weighted by Gasteiger charge is -2.17. The molecule has 0 aliphatic heterocycles. The van der Waals surface area contributed by atoms with Crippen molar-refractivity contribution in [3.05, 3.63) is 64.4 Å². The molecule has 1 unspecified atom stereocenters. The molecule has 5 heteroatoms. The summed E-state index contributed by atoms with van der Waals surface area (Å²) in [6.07, 6.45) is 0.553. The SMILES string of the molecule is COc1ccc(CC(NN)c2cccc(Cl)c2)cc1F. The first kappa shape index (κ1) is 14.8. The Labute approximate surface area is 122 Å². The highest BCUT2D eigenvalue weighted by Crippen LogP contribution is 2.24. The smallest absolute Gasteiger partial charge is 0.165 e. The van der Waals surface area contributed by atoms with Crippen molar-refractivity contribution >= 4 is 11.6 Å². The molecule has 0 saturated heterocycles. The van der Waals surface area contributed by atoms with Gasteiger partial charge in [0.15, 0.2) is 11.6 Å². The topological polar surface area (TPSA) is 47.3 Å². The molecule has 0 aromatic heterocycles. The first-order valence-electron chi connectivity index (χ1n) is 6.18. The van der Waals surface area contributed by atoms with Crippen molar-refractivity contribution in [1.29, 1.82) is 0 Å². The first-order chi connectivity index (χ1) is 9.63. The van der Waals surface area contributed by atoms with Crippen LogP contribution in [0.5, 0.6) is 5.75 Å². The largest absolute Gasteiger partial charge is 0.494 e. The third-order valence-corrected chi connectivity index (χ3v) is 3.34. The van der Waals surface area contributed by atoms with Crippen molar-refractivity contribution in [1.82, 2.24) is 5.43 Å². The summed E-state index contributed by atoms with van der Waals surface area (Å²) >= 11 is 5.97. The molecule has 2 aromatic rings. The maximum absolute atomic E-state index is 13.7. The number of nitrogens with two attached hydrogens (primary N) is 1. The Kier molecular flexibility index (Phi) is 4.95. The predicted molar refractivity (Wildman–Crippen MR) is 78.2 cm³/mol. The molecule has 0 spiro atoms. The Bertz CT molecular complexity index is 592. The Morgan fingerprint density at radius 1 is 1.30 bits per heavy atom. The van der Waals surface area contributed by atoms with Crippen LogP contribution < -0.4 is 16.0 Å². The average Bonchev–Trinajstić information content (AvgIpc) is 2.45. The molecule has 1 atom stereocenters. The molecule has 0 aliphatic carbocycles. The molecule has 3 N–H and O–H groups in total. The summed E-state index contributed by atoms with van der Waals surface area (Å²) < 4.78 is 18.6. The summed E-state index contributed by atoms with van der Waals surface area (Å²) in [7, 11) is 1.44. The molecule has 106 valence electrons. The minimum atomic E-state index is -0.383. The van der Waals surface area contributed by atoms with Gasteiger partial charge in [0, 0.05) is 5.02 Å². The summed E-state index contributed by atoms with van der Waals surface area (Å²) in [5.74, 6) is 5.43. The molecular formula is C15H16ClFN2O. The fourth-order valence-electron chi connectivity index (χ4n) is 2.07. The lowest BCUT2D eigenvalue weighted by Crippen LogP contribution is -2.29. The zero-order chi connectivity index (χ0) is 14.5. The van der Waals surface area contributed by atoms with E-state index in [0.29, 0.717) is 11.4 Å². The second kappa shape index (κ2) is 6.70. The van der Waals surface area contributed by atoms with E-state index in [-0.39, 0.29) is 17.6 Å². The van der Waals surface area contributed by atoms with Crippen LogP contribution >= 0.6 is 11.6 Å². The van der Waals surface area contributed by atoms with Gasteiger partial charge in [0.25, 0.3) is 0 Å². The van der Waals surface area contributed by atoms with Gasteiger partial charge in [0.05, 0.1) is 13.2 Å². The van der Waals surface area contributed by atoms with E-state index in [1.54, 1.807) is 12.1 Å². The number of nitrogens with one attached hydrogen (secondary N) is 1. The quantitative estimate of drug-likeness (QED) is 0.657. The summed E-state index contributed by atoms with van der Waals surface area (Å²) in [4.78, 5) is 0. The van der Waals surface area contributed by atoms with Gasteiger partial charge in [-0.3, -0.25) is 11.3 Å². The number of hydrogen-bond donors (Lipinski definition) is 2. The minimum absolute atomic E-state index is 0.138. The van der Waals surface area contributed by atoms with Crippen LogP contribution in [0.25, 0.3) is 0 Å². The van der Waals surface area contributed by atoms with E-state index in [1.165, 1.54) is 13.2 Å². The highest BCUT2D eigenvalue weighted by Gasteiger charge is 2.12. The molecule has 0 amide bonds. The number of hydrogen-bond acceptors (Lipinski definition) is 3. The Morgan fingerprint density at radius 3 is 2.70 bits per heavy atom. The van der Waals surface area contributed by atoms with Crippen molar-refractivity contribution in [3.63, 3.8) is 0 Å². The van der Waals surface area contributed by atoms with Crippen LogP contribution in [0.2, 0.25) is 5.02 Å². The van der Waals surface area contributed by atoms with Gasteiger partial charge in [0.1, 0.15) is 0 Å². The number of methoxy groups -OCH3 is 1. The normalized spacial score (nSPS) is 12.2. The third kappa shape index (κ3) is 3.48. The average molecular weight is 295 g/mol. The zero-order valence-corrected chi connectivity index (χ0v) is 11.8. The van der Waals surface area contributed by atoms with Crippen molar-refractivity contribution in [2.45, 2.75) is 12.5 Å². The van der Waals surface area contributed by atoms with Gasteiger partial charge in [-0.2, -0.15) is 0 Å². The van der Waals surface area contributed by atoms with Gasteiger partial charge < -0.3 is 4.74 Å². The highest BCUT2D eigenvalue weighted by molar-refractivity contribution is 6.30. The highest BCUT2D eigenvalue weighted by atomic mass is 35.5. The number of rotatable bonds is 5.